The first-order chi connectivity index (χ1) is 14.8. The van der Waals surface area contributed by atoms with Gasteiger partial charge in [-0.05, 0) is 57.2 Å². The van der Waals surface area contributed by atoms with Gasteiger partial charge < -0.3 is 19.9 Å². The number of hydrogen-bond acceptors (Lipinski definition) is 5. The van der Waals surface area contributed by atoms with Gasteiger partial charge in [0, 0.05) is 36.8 Å². The summed E-state index contributed by atoms with van der Waals surface area (Å²) in [6.45, 7) is 5.97. The van der Waals surface area contributed by atoms with Gasteiger partial charge >= 0.3 is 5.97 Å². The molecule has 2 heterocycles. The minimum absolute atomic E-state index is 0.120. The Morgan fingerprint density at radius 3 is 2.81 bits per heavy atom. The molecular formula is C23H27FN4O3. The molecule has 164 valence electrons. The number of rotatable bonds is 7. The number of nitrogens with zero attached hydrogens (tertiary/aromatic N) is 3. The molecule has 2 unspecified atom stereocenters. The smallest absolute Gasteiger partial charge is 0.341 e. The Morgan fingerprint density at radius 1 is 1.42 bits per heavy atom. The summed E-state index contributed by atoms with van der Waals surface area (Å²) in [5, 5.41) is 21.7. The molecule has 2 aromatic rings. The van der Waals surface area contributed by atoms with Crippen molar-refractivity contribution in [1.29, 1.82) is 5.26 Å². The fraction of sp³-hybridized carbons (Fsp3) is 0.522. The van der Waals surface area contributed by atoms with E-state index in [-0.39, 0.29) is 23.0 Å². The predicted octanol–water partition coefficient (Wildman–Crippen LogP) is 3.20. The van der Waals surface area contributed by atoms with Gasteiger partial charge in [0.25, 0.3) is 0 Å². The van der Waals surface area contributed by atoms with Crippen molar-refractivity contribution in [2.75, 3.05) is 24.5 Å². The van der Waals surface area contributed by atoms with Crippen molar-refractivity contribution in [3.63, 3.8) is 0 Å². The number of aryl methyl sites for hydroxylation is 1. The van der Waals surface area contributed by atoms with E-state index in [4.69, 9.17) is 5.26 Å². The topological polar surface area (TPSA) is 98.4 Å². The second-order valence-electron chi connectivity index (χ2n) is 8.82. The average Bonchev–Trinajstić information content (AvgIpc) is 3.46. The molecule has 1 saturated carbocycles. The number of aromatic nitrogens is 1. The van der Waals surface area contributed by atoms with Gasteiger partial charge in [0.05, 0.1) is 23.7 Å². The summed E-state index contributed by atoms with van der Waals surface area (Å²) in [6, 6.07) is 3.64. The van der Waals surface area contributed by atoms with Gasteiger partial charge in [0.2, 0.25) is 5.43 Å². The summed E-state index contributed by atoms with van der Waals surface area (Å²) >= 11 is 0. The second-order valence-corrected chi connectivity index (χ2v) is 8.82. The zero-order valence-electron chi connectivity index (χ0n) is 17.8. The molecule has 7 nitrogen and oxygen atoms in total. The summed E-state index contributed by atoms with van der Waals surface area (Å²) in [7, 11) is 0. The molecule has 0 amide bonds. The quantitative estimate of drug-likeness (QED) is 0.706. The van der Waals surface area contributed by atoms with E-state index in [9.17, 15) is 14.7 Å². The van der Waals surface area contributed by atoms with Crippen LogP contribution in [0.15, 0.2) is 17.1 Å². The van der Waals surface area contributed by atoms with Crippen molar-refractivity contribution in [1.82, 2.24) is 9.88 Å². The standard InChI is InChI=1S/C23H27FN4O3/c1-13(5-7-25)26-10-15-6-8-27(11-15)21-14(2)20-17(9-19(21)24)22(29)18(23(30)31)12-28(20)16-3-4-16/h9,12-13,15-16,26H,3-6,8,10-11H2,1-2H3,(H,30,31). The van der Waals surface area contributed by atoms with Crippen LogP contribution in [0.25, 0.3) is 10.9 Å². The molecule has 1 aliphatic carbocycles. The summed E-state index contributed by atoms with van der Waals surface area (Å²) in [5.74, 6) is -1.43. The molecule has 1 aliphatic heterocycles. The van der Waals surface area contributed by atoms with Crippen molar-refractivity contribution in [3.05, 3.63) is 39.4 Å². The highest BCUT2D eigenvalue weighted by Crippen LogP contribution is 2.40. The molecule has 31 heavy (non-hydrogen) atoms. The van der Waals surface area contributed by atoms with E-state index < -0.39 is 17.2 Å². The van der Waals surface area contributed by atoms with Crippen molar-refractivity contribution in [2.24, 2.45) is 5.92 Å². The molecule has 0 radical (unpaired) electrons. The van der Waals surface area contributed by atoms with Gasteiger partial charge in [-0.3, -0.25) is 4.79 Å². The van der Waals surface area contributed by atoms with Gasteiger partial charge in [-0.1, -0.05) is 0 Å². The number of carboxylic acid groups (broad SMARTS) is 1. The Kier molecular flexibility index (Phi) is 5.71. The number of nitrogens with one attached hydrogen (secondary N) is 1. The molecule has 1 aromatic heterocycles. The zero-order valence-corrected chi connectivity index (χ0v) is 17.8. The van der Waals surface area contributed by atoms with Crippen LogP contribution in [0.5, 0.6) is 0 Å². The van der Waals surface area contributed by atoms with E-state index >= 15 is 4.39 Å². The van der Waals surface area contributed by atoms with Crippen LogP contribution in [0, 0.1) is 30.0 Å². The first kappa shape index (κ1) is 21.3. The molecule has 8 heteroatoms. The second kappa shape index (κ2) is 8.31. The Morgan fingerprint density at radius 2 is 2.16 bits per heavy atom. The van der Waals surface area contributed by atoms with Gasteiger partial charge in [0.1, 0.15) is 11.4 Å². The van der Waals surface area contributed by atoms with Crippen molar-refractivity contribution in [3.8, 4) is 6.07 Å². The van der Waals surface area contributed by atoms with Crippen molar-refractivity contribution in [2.45, 2.75) is 51.6 Å². The molecular weight excluding hydrogens is 399 g/mol. The van der Waals surface area contributed by atoms with E-state index in [0.717, 1.165) is 25.8 Å². The maximum atomic E-state index is 15.2. The van der Waals surface area contributed by atoms with Gasteiger partial charge in [0.15, 0.2) is 0 Å². The van der Waals surface area contributed by atoms with Crippen LogP contribution in [-0.2, 0) is 0 Å². The highest BCUT2D eigenvalue weighted by atomic mass is 19.1. The number of aromatic carboxylic acids is 1. The third-order valence-corrected chi connectivity index (χ3v) is 6.40. The number of halogens is 1. The molecule has 2 aliphatic rings. The number of carboxylic acids is 1. The lowest BCUT2D eigenvalue weighted by Gasteiger charge is -2.24. The maximum absolute atomic E-state index is 15.2. The average molecular weight is 426 g/mol. The number of anilines is 1. The van der Waals surface area contributed by atoms with E-state index in [1.54, 1.807) is 0 Å². The normalized spacial score (nSPS) is 19.5. The predicted molar refractivity (Wildman–Crippen MR) is 116 cm³/mol. The molecule has 0 bridgehead atoms. The number of carbonyl (C=O) groups is 1. The molecule has 2 atom stereocenters. The number of hydrogen-bond donors (Lipinski definition) is 2. The zero-order chi connectivity index (χ0) is 22.3. The van der Waals surface area contributed by atoms with Crippen LogP contribution >= 0.6 is 0 Å². The van der Waals surface area contributed by atoms with Gasteiger partial charge in [-0.25, -0.2) is 9.18 Å². The third-order valence-electron chi connectivity index (χ3n) is 6.40. The highest BCUT2D eigenvalue weighted by Gasteiger charge is 2.31. The van der Waals surface area contributed by atoms with Crippen LogP contribution in [0.3, 0.4) is 0 Å². The lowest BCUT2D eigenvalue weighted by atomic mass is 10.0. The summed E-state index contributed by atoms with van der Waals surface area (Å²) in [5.41, 5.74) is 0.866. The van der Waals surface area contributed by atoms with Crippen molar-refractivity contribution >= 4 is 22.6 Å². The lowest BCUT2D eigenvalue weighted by Crippen LogP contribution is -2.32. The fourth-order valence-electron chi connectivity index (χ4n) is 4.63. The Balaban J connectivity index is 1.69. The fourth-order valence-corrected chi connectivity index (χ4v) is 4.63. The monoisotopic (exact) mass is 426 g/mol. The summed E-state index contributed by atoms with van der Waals surface area (Å²) in [4.78, 5) is 26.3. The molecule has 2 fully saturated rings. The van der Waals surface area contributed by atoms with E-state index in [2.05, 4.69) is 11.4 Å². The van der Waals surface area contributed by atoms with Crippen LogP contribution in [-0.4, -0.2) is 41.3 Å². The Labute approximate surface area is 180 Å². The number of benzene rings is 1. The van der Waals surface area contributed by atoms with Crippen LogP contribution in [0.2, 0.25) is 0 Å². The van der Waals surface area contributed by atoms with E-state index in [0.29, 0.717) is 42.2 Å². The highest BCUT2D eigenvalue weighted by molar-refractivity contribution is 5.95. The molecule has 2 N–H and O–H groups in total. The Bertz CT molecular complexity index is 1130. The van der Waals surface area contributed by atoms with E-state index in [1.165, 1.54) is 12.3 Å². The van der Waals surface area contributed by atoms with E-state index in [1.807, 2.05) is 23.3 Å². The van der Waals surface area contributed by atoms with Crippen LogP contribution in [0.1, 0.15) is 54.6 Å². The SMILES string of the molecule is Cc1c(N2CCC(CNC(C)CC#N)C2)c(F)cc2c(=O)c(C(=O)O)cn(C3CC3)c12. The maximum Gasteiger partial charge on any atom is 0.341 e. The molecule has 4 rings (SSSR count). The first-order valence-corrected chi connectivity index (χ1v) is 10.8. The van der Waals surface area contributed by atoms with Gasteiger partial charge in [-0.2, -0.15) is 5.26 Å². The number of nitriles is 1. The summed E-state index contributed by atoms with van der Waals surface area (Å²) in [6.07, 6.45) is 4.62. The molecule has 1 saturated heterocycles. The molecule has 1 aromatic carbocycles. The number of pyridine rings is 1. The van der Waals surface area contributed by atoms with Crippen LogP contribution in [0.4, 0.5) is 10.1 Å². The van der Waals surface area contributed by atoms with Gasteiger partial charge in [-0.15, -0.1) is 0 Å². The summed E-state index contributed by atoms with van der Waals surface area (Å²) < 4.78 is 17.1. The van der Waals surface area contributed by atoms with Crippen molar-refractivity contribution < 1.29 is 14.3 Å². The Hall–Kier alpha value is -2.92. The molecule has 0 spiro atoms. The largest absolute Gasteiger partial charge is 0.477 e. The minimum atomic E-state index is -1.29. The number of fused-ring (bicyclic) bond motifs is 1. The van der Waals surface area contributed by atoms with Crippen LogP contribution < -0.4 is 15.6 Å². The lowest BCUT2D eigenvalue weighted by molar-refractivity contribution is 0.0695. The minimum Gasteiger partial charge on any atom is -0.477 e. The first-order valence-electron chi connectivity index (χ1n) is 10.8. The third kappa shape index (κ3) is 4.02.